The van der Waals surface area contributed by atoms with Crippen LogP contribution in [0.2, 0.25) is 0 Å². The fraction of sp³-hybridized carbons (Fsp3) is 0.350. The maximum absolute atomic E-state index is 13.0. The average Bonchev–Trinajstić information content (AvgIpc) is 2.63. The molecule has 1 unspecified atom stereocenters. The van der Waals surface area contributed by atoms with Crippen molar-refractivity contribution in [3.05, 3.63) is 59.9 Å². The molecule has 26 heavy (non-hydrogen) atoms. The van der Waals surface area contributed by atoms with Crippen LogP contribution in [0.1, 0.15) is 18.5 Å². The molecule has 6 heteroatoms. The number of nitrogens with zero attached hydrogens (tertiary/aromatic N) is 2. The first-order valence-corrected chi connectivity index (χ1v) is 8.82. The van der Waals surface area contributed by atoms with Crippen molar-refractivity contribution in [3.63, 3.8) is 0 Å². The minimum atomic E-state index is -0.279. The zero-order chi connectivity index (χ0) is 18.5. The van der Waals surface area contributed by atoms with E-state index in [1.54, 1.807) is 24.3 Å². The minimum absolute atomic E-state index is 0.0279. The third kappa shape index (κ3) is 4.73. The molecule has 0 saturated carbocycles. The number of phenols is 1. The Kier molecular flexibility index (Phi) is 5.73. The molecule has 3 rings (SSSR count). The van der Waals surface area contributed by atoms with Crippen molar-refractivity contribution in [2.45, 2.75) is 13.0 Å². The molecule has 0 aromatic heterocycles. The van der Waals surface area contributed by atoms with E-state index in [1.165, 1.54) is 12.1 Å². The van der Waals surface area contributed by atoms with Crippen LogP contribution in [-0.4, -0.2) is 48.6 Å². The minimum Gasteiger partial charge on any atom is -0.508 e. The number of nitrogens with one attached hydrogen (secondary N) is 1. The molecule has 5 nitrogen and oxygen atoms in total. The lowest BCUT2D eigenvalue weighted by Crippen LogP contribution is -2.49. The van der Waals surface area contributed by atoms with Crippen molar-refractivity contribution in [2.24, 2.45) is 0 Å². The van der Waals surface area contributed by atoms with E-state index in [-0.39, 0.29) is 23.5 Å². The van der Waals surface area contributed by atoms with E-state index in [0.29, 0.717) is 6.54 Å². The van der Waals surface area contributed by atoms with Crippen molar-refractivity contribution in [1.29, 1.82) is 0 Å². The van der Waals surface area contributed by atoms with Crippen LogP contribution in [0.25, 0.3) is 0 Å². The van der Waals surface area contributed by atoms with Gasteiger partial charge in [-0.3, -0.25) is 9.69 Å². The van der Waals surface area contributed by atoms with Crippen LogP contribution < -0.4 is 10.2 Å². The molecule has 0 spiro atoms. The molecule has 1 aliphatic rings. The monoisotopic (exact) mass is 357 g/mol. The summed E-state index contributed by atoms with van der Waals surface area (Å²) in [4.78, 5) is 16.7. The van der Waals surface area contributed by atoms with Crippen LogP contribution in [-0.2, 0) is 4.79 Å². The third-order valence-corrected chi connectivity index (χ3v) is 4.70. The number of halogens is 1. The second kappa shape index (κ2) is 8.19. The normalized spacial score (nSPS) is 16.3. The van der Waals surface area contributed by atoms with Crippen LogP contribution in [0.5, 0.6) is 5.75 Å². The van der Waals surface area contributed by atoms with E-state index in [0.717, 1.165) is 37.4 Å². The Morgan fingerprint density at radius 3 is 2.31 bits per heavy atom. The van der Waals surface area contributed by atoms with Crippen LogP contribution in [0.4, 0.5) is 10.1 Å². The topological polar surface area (TPSA) is 55.8 Å². The number of piperazine rings is 1. The molecule has 138 valence electrons. The Morgan fingerprint density at radius 2 is 1.69 bits per heavy atom. The van der Waals surface area contributed by atoms with Gasteiger partial charge >= 0.3 is 0 Å². The van der Waals surface area contributed by atoms with Gasteiger partial charge in [-0.25, -0.2) is 4.39 Å². The van der Waals surface area contributed by atoms with Gasteiger partial charge in [0.1, 0.15) is 11.6 Å². The first kappa shape index (κ1) is 18.2. The van der Waals surface area contributed by atoms with Crippen molar-refractivity contribution in [2.75, 3.05) is 37.6 Å². The number of carbonyl (C=O) groups excluding carboxylic acids is 1. The number of aromatic hydroxyl groups is 1. The number of benzene rings is 2. The molecule has 0 bridgehead atoms. The lowest BCUT2D eigenvalue weighted by Gasteiger charge is -2.35. The fourth-order valence-electron chi connectivity index (χ4n) is 3.15. The van der Waals surface area contributed by atoms with E-state index < -0.39 is 0 Å². The van der Waals surface area contributed by atoms with E-state index in [2.05, 4.69) is 15.1 Å². The summed E-state index contributed by atoms with van der Waals surface area (Å²) in [5.41, 5.74) is 1.97. The Balaban J connectivity index is 1.45. The molecular weight excluding hydrogens is 333 g/mol. The van der Waals surface area contributed by atoms with Crippen molar-refractivity contribution >= 4 is 11.6 Å². The quantitative estimate of drug-likeness (QED) is 0.863. The summed E-state index contributed by atoms with van der Waals surface area (Å²) in [6.07, 6.45) is 0. The van der Waals surface area contributed by atoms with Crippen LogP contribution in [0, 0.1) is 5.82 Å². The number of hydrogen-bond donors (Lipinski definition) is 2. The first-order chi connectivity index (χ1) is 12.5. The SMILES string of the molecule is CC(NC(=O)CN1CCN(c2ccc(O)cc2)CC1)c1ccc(F)cc1. The maximum Gasteiger partial charge on any atom is 0.234 e. The Bertz CT molecular complexity index is 726. The predicted octanol–water partition coefficient (Wildman–Crippen LogP) is 2.53. The zero-order valence-corrected chi connectivity index (χ0v) is 14.9. The summed E-state index contributed by atoms with van der Waals surface area (Å²) in [5.74, 6) is -0.0435. The van der Waals surface area contributed by atoms with Crippen LogP contribution in [0.3, 0.4) is 0 Å². The van der Waals surface area contributed by atoms with Gasteiger partial charge in [0.05, 0.1) is 12.6 Å². The van der Waals surface area contributed by atoms with E-state index in [1.807, 2.05) is 19.1 Å². The van der Waals surface area contributed by atoms with Gasteiger partial charge in [-0.1, -0.05) is 12.1 Å². The average molecular weight is 357 g/mol. The molecule has 1 saturated heterocycles. The molecule has 0 radical (unpaired) electrons. The Morgan fingerprint density at radius 1 is 1.08 bits per heavy atom. The van der Waals surface area contributed by atoms with E-state index in [9.17, 15) is 14.3 Å². The number of phenolic OH excluding ortho intramolecular Hbond substituents is 1. The number of hydrogen-bond acceptors (Lipinski definition) is 4. The lowest BCUT2D eigenvalue weighted by atomic mass is 10.1. The third-order valence-electron chi connectivity index (χ3n) is 4.70. The standard InChI is InChI=1S/C20H24FN3O2/c1-15(16-2-4-17(21)5-3-16)22-20(26)14-23-10-12-24(13-11-23)18-6-8-19(25)9-7-18/h2-9,15,25H,10-14H2,1H3,(H,22,26). The van der Waals surface area contributed by atoms with Crippen LogP contribution >= 0.6 is 0 Å². The second-order valence-electron chi connectivity index (χ2n) is 6.62. The summed E-state index contributed by atoms with van der Waals surface area (Å²) in [5, 5.41) is 12.3. The number of anilines is 1. The van der Waals surface area contributed by atoms with Gasteiger partial charge < -0.3 is 15.3 Å². The summed E-state index contributed by atoms with van der Waals surface area (Å²) in [6.45, 7) is 5.54. The summed E-state index contributed by atoms with van der Waals surface area (Å²) in [7, 11) is 0. The van der Waals surface area contributed by atoms with Gasteiger partial charge in [0.25, 0.3) is 0 Å². The summed E-state index contributed by atoms with van der Waals surface area (Å²) >= 11 is 0. The highest BCUT2D eigenvalue weighted by Crippen LogP contribution is 2.20. The highest BCUT2D eigenvalue weighted by atomic mass is 19.1. The second-order valence-corrected chi connectivity index (χ2v) is 6.62. The van der Waals surface area contributed by atoms with E-state index >= 15 is 0 Å². The predicted molar refractivity (Wildman–Crippen MR) is 99.7 cm³/mol. The smallest absolute Gasteiger partial charge is 0.234 e. The molecule has 2 N–H and O–H groups in total. The van der Waals surface area contributed by atoms with Crippen molar-refractivity contribution in [3.8, 4) is 5.75 Å². The molecular formula is C20H24FN3O2. The van der Waals surface area contributed by atoms with Gasteiger partial charge in [-0.2, -0.15) is 0 Å². The van der Waals surface area contributed by atoms with Gasteiger partial charge in [0, 0.05) is 31.9 Å². The number of rotatable bonds is 5. The number of carbonyl (C=O) groups is 1. The van der Waals surface area contributed by atoms with Crippen molar-refractivity contribution < 1.29 is 14.3 Å². The Hall–Kier alpha value is -2.60. The highest BCUT2D eigenvalue weighted by Gasteiger charge is 2.20. The molecule has 1 heterocycles. The largest absolute Gasteiger partial charge is 0.508 e. The molecule has 0 aliphatic carbocycles. The summed E-state index contributed by atoms with van der Waals surface area (Å²) < 4.78 is 13.0. The highest BCUT2D eigenvalue weighted by molar-refractivity contribution is 5.78. The van der Waals surface area contributed by atoms with Gasteiger partial charge in [-0.15, -0.1) is 0 Å². The first-order valence-electron chi connectivity index (χ1n) is 8.82. The summed E-state index contributed by atoms with van der Waals surface area (Å²) in [6, 6.07) is 13.2. The van der Waals surface area contributed by atoms with Gasteiger partial charge in [0.15, 0.2) is 0 Å². The van der Waals surface area contributed by atoms with Crippen molar-refractivity contribution in [1.82, 2.24) is 10.2 Å². The number of amides is 1. The fourth-order valence-corrected chi connectivity index (χ4v) is 3.15. The van der Waals surface area contributed by atoms with Gasteiger partial charge in [0.2, 0.25) is 5.91 Å². The molecule has 2 aromatic carbocycles. The molecule has 2 aromatic rings. The maximum atomic E-state index is 13.0. The molecule has 1 atom stereocenters. The van der Waals surface area contributed by atoms with Crippen LogP contribution in [0.15, 0.2) is 48.5 Å². The Labute approximate surface area is 153 Å². The van der Waals surface area contributed by atoms with E-state index in [4.69, 9.17) is 0 Å². The molecule has 1 aliphatic heterocycles. The molecule has 1 fully saturated rings. The molecule has 1 amide bonds. The van der Waals surface area contributed by atoms with Gasteiger partial charge in [-0.05, 0) is 48.9 Å². The lowest BCUT2D eigenvalue weighted by molar-refractivity contribution is -0.123. The zero-order valence-electron chi connectivity index (χ0n) is 14.9.